The van der Waals surface area contributed by atoms with Gasteiger partial charge >= 0.3 is 0 Å². The number of aryl methyl sites for hydroxylation is 3. The second-order valence-corrected chi connectivity index (χ2v) is 10.2. The van der Waals surface area contributed by atoms with E-state index < -0.39 is 10.0 Å². The minimum Gasteiger partial charge on any atom is -0.495 e. The number of methoxy groups -OCH3 is 1. The van der Waals surface area contributed by atoms with Crippen LogP contribution >= 0.6 is 0 Å². The topological polar surface area (TPSA) is 70.2 Å². The highest BCUT2D eigenvalue weighted by atomic mass is 32.2. The van der Waals surface area contributed by atoms with Gasteiger partial charge in [0.05, 0.1) is 12.8 Å². The van der Waals surface area contributed by atoms with Gasteiger partial charge in [-0.3, -0.25) is 9.10 Å². The molecule has 0 saturated carbocycles. The maximum absolute atomic E-state index is 13.9. The molecule has 1 saturated heterocycles. The first-order valence-corrected chi connectivity index (χ1v) is 12.4. The maximum atomic E-state index is 13.9. The highest BCUT2D eigenvalue weighted by molar-refractivity contribution is 7.93. The van der Waals surface area contributed by atoms with E-state index in [0.717, 1.165) is 36.3 Å². The fraction of sp³-hybridized carbons (Fsp3) is 0.458. The molecule has 2 aromatic carbocycles. The number of hydrogen-bond acceptors (Lipinski definition) is 5. The number of rotatable bonds is 7. The minimum absolute atomic E-state index is 0.0581. The summed E-state index contributed by atoms with van der Waals surface area (Å²) in [5, 5.41) is 0. The zero-order chi connectivity index (χ0) is 23.5. The smallest absolute Gasteiger partial charge is 0.268 e. The largest absolute Gasteiger partial charge is 0.495 e. The molecule has 0 radical (unpaired) electrons. The molecule has 0 unspecified atom stereocenters. The number of carbonyl (C=O) groups is 1. The second-order valence-electron chi connectivity index (χ2n) is 8.33. The van der Waals surface area contributed by atoms with E-state index in [9.17, 15) is 13.2 Å². The van der Waals surface area contributed by atoms with Gasteiger partial charge in [-0.15, -0.1) is 0 Å². The van der Waals surface area contributed by atoms with Crippen LogP contribution in [0.4, 0.5) is 5.69 Å². The Hall–Kier alpha value is -2.58. The Kier molecular flexibility index (Phi) is 7.46. The van der Waals surface area contributed by atoms with Gasteiger partial charge in [0, 0.05) is 26.2 Å². The van der Waals surface area contributed by atoms with Crippen LogP contribution in [0.2, 0.25) is 0 Å². The van der Waals surface area contributed by atoms with Crippen molar-refractivity contribution in [2.75, 3.05) is 50.7 Å². The molecule has 0 aromatic heterocycles. The number of nitrogens with zero attached hydrogens (tertiary/aromatic N) is 3. The Morgan fingerprint density at radius 3 is 2.16 bits per heavy atom. The lowest BCUT2D eigenvalue weighted by Gasteiger charge is -2.35. The summed E-state index contributed by atoms with van der Waals surface area (Å²) < 4.78 is 34.3. The third-order valence-electron chi connectivity index (χ3n) is 5.83. The van der Waals surface area contributed by atoms with Crippen molar-refractivity contribution in [2.24, 2.45) is 0 Å². The fourth-order valence-corrected chi connectivity index (χ4v) is 5.69. The Labute approximate surface area is 191 Å². The van der Waals surface area contributed by atoms with Crippen molar-refractivity contribution >= 4 is 21.6 Å². The summed E-state index contributed by atoms with van der Waals surface area (Å²) in [6, 6.07) is 10.6. The first kappa shape index (κ1) is 24.1. The van der Waals surface area contributed by atoms with E-state index in [-0.39, 0.29) is 23.1 Å². The number of amides is 1. The van der Waals surface area contributed by atoms with Crippen LogP contribution in [0.25, 0.3) is 0 Å². The van der Waals surface area contributed by atoms with Crippen molar-refractivity contribution in [3.63, 3.8) is 0 Å². The molecule has 0 bridgehead atoms. The van der Waals surface area contributed by atoms with Crippen molar-refractivity contribution in [2.45, 2.75) is 32.6 Å². The first-order valence-electron chi connectivity index (χ1n) is 10.9. The normalized spacial score (nSPS) is 15.0. The van der Waals surface area contributed by atoms with Crippen molar-refractivity contribution in [1.82, 2.24) is 9.80 Å². The number of anilines is 1. The predicted molar refractivity (Wildman–Crippen MR) is 127 cm³/mol. The Balaban J connectivity index is 2.02. The van der Waals surface area contributed by atoms with E-state index in [1.807, 2.05) is 26.8 Å². The molecule has 1 aliphatic heterocycles. The summed E-state index contributed by atoms with van der Waals surface area (Å²) >= 11 is 0. The van der Waals surface area contributed by atoms with Crippen LogP contribution in [0, 0.1) is 20.8 Å². The van der Waals surface area contributed by atoms with Crippen molar-refractivity contribution in [3.8, 4) is 5.75 Å². The average molecular weight is 460 g/mol. The summed E-state index contributed by atoms with van der Waals surface area (Å²) in [4.78, 5) is 17.3. The monoisotopic (exact) mass is 459 g/mol. The molecule has 1 fully saturated rings. The van der Waals surface area contributed by atoms with Crippen molar-refractivity contribution in [3.05, 3.63) is 53.1 Å². The zero-order valence-electron chi connectivity index (χ0n) is 19.6. The van der Waals surface area contributed by atoms with E-state index in [1.54, 1.807) is 35.2 Å². The van der Waals surface area contributed by atoms with Crippen LogP contribution in [0.1, 0.15) is 23.6 Å². The van der Waals surface area contributed by atoms with Gasteiger partial charge in [-0.05, 0) is 68.3 Å². The lowest BCUT2D eigenvalue weighted by atomic mass is 10.1. The van der Waals surface area contributed by atoms with E-state index in [0.29, 0.717) is 18.8 Å². The van der Waals surface area contributed by atoms with Gasteiger partial charge in [0.25, 0.3) is 10.0 Å². The van der Waals surface area contributed by atoms with Crippen molar-refractivity contribution < 1.29 is 17.9 Å². The molecule has 0 N–H and O–H groups in total. The van der Waals surface area contributed by atoms with Gasteiger partial charge in [0.15, 0.2) is 0 Å². The number of carbonyl (C=O) groups excluding carboxylic acids is 1. The number of benzene rings is 2. The average Bonchev–Trinajstić information content (AvgIpc) is 2.76. The van der Waals surface area contributed by atoms with Crippen LogP contribution < -0.4 is 9.04 Å². The van der Waals surface area contributed by atoms with Gasteiger partial charge in [0.1, 0.15) is 17.2 Å². The summed E-state index contributed by atoms with van der Waals surface area (Å²) in [7, 11) is -2.60. The third kappa shape index (κ3) is 5.24. The quantitative estimate of drug-likeness (QED) is 0.637. The number of hydrogen-bond donors (Lipinski definition) is 0. The second kappa shape index (κ2) is 9.92. The molecule has 1 aliphatic rings. The number of likely N-dealkylation sites (N-methyl/N-ethyl adjacent to an activating group) is 1. The van der Waals surface area contributed by atoms with Gasteiger partial charge in [0.2, 0.25) is 5.91 Å². The minimum atomic E-state index is -4.05. The van der Waals surface area contributed by atoms with Crippen LogP contribution in [0.5, 0.6) is 5.75 Å². The van der Waals surface area contributed by atoms with E-state index in [4.69, 9.17) is 4.74 Å². The van der Waals surface area contributed by atoms with Crippen LogP contribution in [0.15, 0.2) is 41.3 Å². The van der Waals surface area contributed by atoms with Gasteiger partial charge in [-0.1, -0.05) is 19.1 Å². The molecule has 1 amide bonds. The fourth-order valence-electron chi connectivity index (χ4n) is 4.05. The Morgan fingerprint density at radius 1 is 0.969 bits per heavy atom. The predicted octanol–water partition coefficient (Wildman–Crippen LogP) is 2.98. The van der Waals surface area contributed by atoms with Gasteiger partial charge in [-0.25, -0.2) is 8.42 Å². The van der Waals surface area contributed by atoms with Gasteiger partial charge < -0.3 is 14.5 Å². The SMILES string of the molecule is CCN1CCN(C(=O)CN(c2cc(C)cc(C)c2)S(=O)(=O)c2cc(C)ccc2OC)CC1. The molecule has 1 heterocycles. The molecular weight excluding hydrogens is 426 g/mol. The van der Waals surface area contributed by atoms with Crippen LogP contribution in [0.3, 0.4) is 0 Å². The molecule has 7 nitrogen and oxygen atoms in total. The van der Waals surface area contributed by atoms with E-state index in [2.05, 4.69) is 11.8 Å². The van der Waals surface area contributed by atoms with E-state index >= 15 is 0 Å². The third-order valence-corrected chi connectivity index (χ3v) is 7.63. The lowest BCUT2D eigenvalue weighted by Crippen LogP contribution is -2.51. The summed E-state index contributed by atoms with van der Waals surface area (Å²) in [5.74, 6) is 0.0593. The Bertz CT molecular complexity index is 1060. The molecule has 8 heteroatoms. The maximum Gasteiger partial charge on any atom is 0.268 e. The molecule has 32 heavy (non-hydrogen) atoms. The number of sulfonamides is 1. The molecule has 174 valence electrons. The number of ether oxygens (including phenoxy) is 1. The standard InChI is InChI=1S/C24H33N3O4S/c1-6-25-9-11-26(12-10-25)24(28)17-27(21-14-19(3)13-20(4)15-21)32(29,30)23-16-18(2)7-8-22(23)31-5/h7-8,13-16H,6,9-12,17H2,1-5H3. The van der Waals surface area contributed by atoms with Crippen LogP contribution in [-0.4, -0.2) is 70.5 Å². The molecule has 0 spiro atoms. The lowest BCUT2D eigenvalue weighted by molar-refractivity contribution is -0.131. The molecule has 0 aliphatic carbocycles. The highest BCUT2D eigenvalue weighted by Gasteiger charge is 2.32. The molecular formula is C24H33N3O4S. The number of piperazine rings is 1. The molecule has 2 aromatic rings. The van der Waals surface area contributed by atoms with E-state index in [1.165, 1.54) is 11.4 Å². The summed E-state index contributed by atoms with van der Waals surface area (Å²) in [6.07, 6.45) is 0. The summed E-state index contributed by atoms with van der Waals surface area (Å²) in [5.41, 5.74) is 3.14. The summed E-state index contributed by atoms with van der Waals surface area (Å²) in [6.45, 7) is 11.2. The molecule has 3 rings (SSSR count). The van der Waals surface area contributed by atoms with Crippen LogP contribution in [-0.2, 0) is 14.8 Å². The Morgan fingerprint density at radius 2 is 1.59 bits per heavy atom. The highest BCUT2D eigenvalue weighted by Crippen LogP contribution is 2.32. The zero-order valence-corrected chi connectivity index (χ0v) is 20.4. The van der Waals surface area contributed by atoms with Crippen molar-refractivity contribution in [1.29, 1.82) is 0 Å². The molecule has 0 atom stereocenters. The van der Waals surface area contributed by atoms with Gasteiger partial charge in [-0.2, -0.15) is 0 Å². The first-order chi connectivity index (χ1) is 15.1.